The van der Waals surface area contributed by atoms with Crippen LogP contribution in [0, 0.1) is 0 Å². The molecule has 0 bridgehead atoms. The van der Waals surface area contributed by atoms with Gasteiger partial charge in [-0.3, -0.25) is 4.79 Å². The molecule has 33 heavy (non-hydrogen) atoms. The van der Waals surface area contributed by atoms with Crippen molar-refractivity contribution in [1.29, 1.82) is 0 Å². The molecule has 2 aromatic rings. The van der Waals surface area contributed by atoms with Gasteiger partial charge in [-0.15, -0.1) is 0 Å². The van der Waals surface area contributed by atoms with E-state index in [1.54, 1.807) is 30.3 Å². The standard InChI is InChI=1S/C24H26Cl2N2O5/c1-3-10-33-24(30)19-15-18(5-6-21(19)28-8-11-32-12-9-28)27-22(29)7-4-16-13-17(25)14-20(26)23(16)31-2/h4-7,13-15H,3,8-12H2,1-2H3,(H,27,29). The highest BCUT2D eigenvalue weighted by Crippen LogP contribution is 2.33. The van der Waals surface area contributed by atoms with Gasteiger partial charge in [-0.25, -0.2) is 4.79 Å². The molecule has 0 saturated carbocycles. The van der Waals surface area contributed by atoms with Gasteiger partial charge in [-0.1, -0.05) is 30.1 Å². The Kier molecular flexibility index (Phi) is 9.00. The summed E-state index contributed by atoms with van der Waals surface area (Å²) in [5, 5.41) is 3.55. The van der Waals surface area contributed by atoms with Gasteiger partial charge in [0.2, 0.25) is 5.91 Å². The smallest absolute Gasteiger partial charge is 0.340 e. The van der Waals surface area contributed by atoms with Gasteiger partial charge in [0.05, 0.1) is 43.2 Å². The Morgan fingerprint density at radius 3 is 2.64 bits per heavy atom. The van der Waals surface area contributed by atoms with Crippen LogP contribution in [0.15, 0.2) is 36.4 Å². The van der Waals surface area contributed by atoms with Crippen LogP contribution in [0.2, 0.25) is 10.0 Å². The molecule has 1 aliphatic heterocycles. The zero-order valence-corrected chi connectivity index (χ0v) is 20.0. The number of methoxy groups -OCH3 is 1. The highest BCUT2D eigenvalue weighted by molar-refractivity contribution is 6.36. The first-order valence-electron chi connectivity index (χ1n) is 10.6. The molecule has 0 aliphatic carbocycles. The summed E-state index contributed by atoms with van der Waals surface area (Å²) in [6.07, 6.45) is 3.62. The van der Waals surface area contributed by atoms with Gasteiger partial charge in [0.25, 0.3) is 0 Å². The van der Waals surface area contributed by atoms with E-state index in [0.717, 1.165) is 12.1 Å². The SMILES string of the molecule is CCCOC(=O)c1cc(NC(=O)C=Cc2cc(Cl)cc(Cl)c2OC)ccc1N1CCOCC1. The zero-order valence-electron chi connectivity index (χ0n) is 18.5. The van der Waals surface area contributed by atoms with Crippen LogP contribution in [0.25, 0.3) is 6.08 Å². The van der Waals surface area contributed by atoms with E-state index in [9.17, 15) is 9.59 Å². The zero-order chi connectivity index (χ0) is 23.8. The number of ether oxygens (including phenoxy) is 3. The van der Waals surface area contributed by atoms with Crippen LogP contribution in [0.4, 0.5) is 11.4 Å². The lowest BCUT2D eigenvalue weighted by molar-refractivity contribution is -0.111. The minimum atomic E-state index is -0.428. The number of benzene rings is 2. The quantitative estimate of drug-likeness (QED) is 0.410. The number of carbonyl (C=O) groups is 2. The Balaban J connectivity index is 1.81. The summed E-state index contributed by atoms with van der Waals surface area (Å²) in [7, 11) is 1.49. The van der Waals surface area contributed by atoms with Gasteiger partial charge in [-0.05, 0) is 42.8 Å². The molecule has 176 valence electrons. The lowest BCUT2D eigenvalue weighted by Crippen LogP contribution is -2.37. The number of amides is 1. The van der Waals surface area contributed by atoms with E-state index in [0.29, 0.717) is 65.5 Å². The third kappa shape index (κ3) is 6.63. The average Bonchev–Trinajstić information content (AvgIpc) is 2.81. The second-order valence-electron chi connectivity index (χ2n) is 7.30. The Labute approximate surface area is 203 Å². The third-order valence-electron chi connectivity index (χ3n) is 4.93. The molecule has 7 nitrogen and oxygen atoms in total. The van der Waals surface area contributed by atoms with Crippen molar-refractivity contribution >= 4 is 52.5 Å². The molecule has 0 unspecified atom stereocenters. The van der Waals surface area contributed by atoms with E-state index in [4.69, 9.17) is 37.4 Å². The van der Waals surface area contributed by atoms with E-state index in [-0.39, 0.29) is 5.91 Å². The van der Waals surface area contributed by atoms with Crippen molar-refractivity contribution in [2.45, 2.75) is 13.3 Å². The second-order valence-corrected chi connectivity index (χ2v) is 8.14. The van der Waals surface area contributed by atoms with Crippen molar-refractivity contribution in [3.05, 3.63) is 57.6 Å². The minimum Gasteiger partial charge on any atom is -0.495 e. The van der Waals surface area contributed by atoms with Crippen molar-refractivity contribution in [3.63, 3.8) is 0 Å². The van der Waals surface area contributed by atoms with Crippen LogP contribution < -0.4 is 15.0 Å². The van der Waals surface area contributed by atoms with Gasteiger partial charge in [0.1, 0.15) is 5.75 Å². The van der Waals surface area contributed by atoms with E-state index in [1.165, 1.54) is 13.2 Å². The lowest BCUT2D eigenvalue weighted by Gasteiger charge is -2.30. The number of carbonyl (C=O) groups excluding carboxylic acids is 2. The van der Waals surface area contributed by atoms with Crippen molar-refractivity contribution in [1.82, 2.24) is 0 Å². The van der Waals surface area contributed by atoms with Crippen LogP contribution >= 0.6 is 23.2 Å². The molecule has 2 aromatic carbocycles. The second kappa shape index (κ2) is 11.9. The number of nitrogens with zero attached hydrogens (tertiary/aromatic N) is 1. The Bertz CT molecular complexity index is 1040. The summed E-state index contributed by atoms with van der Waals surface area (Å²) in [6.45, 7) is 4.78. The van der Waals surface area contributed by atoms with Gasteiger partial charge < -0.3 is 24.4 Å². The van der Waals surface area contributed by atoms with E-state index >= 15 is 0 Å². The fourth-order valence-electron chi connectivity index (χ4n) is 3.40. The molecule has 1 fully saturated rings. The molecule has 0 aromatic heterocycles. The largest absolute Gasteiger partial charge is 0.495 e. The van der Waals surface area contributed by atoms with Gasteiger partial charge in [-0.2, -0.15) is 0 Å². The first-order chi connectivity index (χ1) is 15.9. The number of morpholine rings is 1. The summed E-state index contributed by atoms with van der Waals surface area (Å²) in [5.41, 5.74) is 2.19. The fraction of sp³-hybridized carbons (Fsp3) is 0.333. The maximum Gasteiger partial charge on any atom is 0.340 e. The highest BCUT2D eigenvalue weighted by Gasteiger charge is 2.20. The first kappa shape index (κ1) is 24.9. The molecule has 1 heterocycles. The lowest BCUT2D eigenvalue weighted by atomic mass is 10.1. The van der Waals surface area contributed by atoms with Crippen LogP contribution in [0.1, 0.15) is 29.3 Å². The van der Waals surface area contributed by atoms with E-state index in [1.807, 2.05) is 13.0 Å². The van der Waals surface area contributed by atoms with Crippen molar-refractivity contribution < 1.29 is 23.8 Å². The third-order valence-corrected chi connectivity index (χ3v) is 5.43. The molecule has 9 heteroatoms. The number of hydrogen-bond acceptors (Lipinski definition) is 6. The van der Waals surface area contributed by atoms with Crippen LogP contribution in [0.5, 0.6) is 5.75 Å². The number of esters is 1. The Hall–Kier alpha value is -2.74. The fourth-order valence-corrected chi connectivity index (χ4v) is 3.98. The molecule has 0 atom stereocenters. The van der Waals surface area contributed by atoms with E-state index < -0.39 is 5.97 Å². The van der Waals surface area contributed by atoms with Gasteiger partial charge in [0, 0.05) is 35.4 Å². The van der Waals surface area contributed by atoms with E-state index in [2.05, 4.69) is 10.2 Å². The summed E-state index contributed by atoms with van der Waals surface area (Å²) in [6, 6.07) is 8.41. The van der Waals surface area contributed by atoms with Gasteiger partial charge in [0.15, 0.2) is 0 Å². The molecule has 0 spiro atoms. The summed E-state index contributed by atoms with van der Waals surface area (Å²) >= 11 is 12.2. The van der Waals surface area contributed by atoms with Crippen LogP contribution in [-0.4, -0.2) is 51.9 Å². The maximum absolute atomic E-state index is 12.7. The normalized spacial score (nSPS) is 13.8. The predicted octanol–water partition coefficient (Wildman–Crippen LogP) is 5.06. The number of halogens is 2. The van der Waals surface area contributed by atoms with Crippen molar-refractivity contribution in [2.75, 3.05) is 50.2 Å². The van der Waals surface area contributed by atoms with Gasteiger partial charge >= 0.3 is 5.97 Å². The molecule has 1 saturated heterocycles. The Morgan fingerprint density at radius 1 is 1.18 bits per heavy atom. The summed E-state index contributed by atoms with van der Waals surface area (Å²) in [4.78, 5) is 27.3. The molecular weight excluding hydrogens is 467 g/mol. The number of anilines is 2. The summed E-state index contributed by atoms with van der Waals surface area (Å²) in [5.74, 6) is -0.399. The Morgan fingerprint density at radius 2 is 1.94 bits per heavy atom. The number of nitrogens with one attached hydrogen (secondary N) is 1. The molecule has 1 amide bonds. The molecule has 1 aliphatic rings. The molecule has 1 N–H and O–H groups in total. The minimum absolute atomic E-state index is 0.324. The number of rotatable bonds is 8. The van der Waals surface area contributed by atoms with Crippen molar-refractivity contribution in [3.8, 4) is 5.75 Å². The average molecular weight is 493 g/mol. The highest BCUT2D eigenvalue weighted by atomic mass is 35.5. The molecule has 3 rings (SSSR count). The number of hydrogen-bond donors (Lipinski definition) is 1. The monoisotopic (exact) mass is 492 g/mol. The first-order valence-corrected chi connectivity index (χ1v) is 11.3. The van der Waals surface area contributed by atoms with Crippen molar-refractivity contribution in [2.24, 2.45) is 0 Å². The summed E-state index contributed by atoms with van der Waals surface area (Å²) < 4.78 is 16.1. The topological polar surface area (TPSA) is 77.1 Å². The van der Waals surface area contributed by atoms with Crippen LogP contribution in [-0.2, 0) is 14.3 Å². The molecular formula is C24H26Cl2N2O5. The maximum atomic E-state index is 12.7. The predicted molar refractivity (Wildman–Crippen MR) is 131 cm³/mol. The molecule has 0 radical (unpaired) electrons. The van der Waals surface area contributed by atoms with Crippen LogP contribution in [0.3, 0.4) is 0 Å².